The number of aryl methyl sites for hydroxylation is 3. The summed E-state index contributed by atoms with van der Waals surface area (Å²) in [7, 11) is -4.51. The van der Waals surface area contributed by atoms with Crippen molar-refractivity contribution in [3.05, 3.63) is 101 Å². The minimum absolute atomic E-state index is 0.0682. The van der Waals surface area contributed by atoms with Crippen LogP contribution in [0.3, 0.4) is 0 Å². The van der Waals surface area contributed by atoms with Gasteiger partial charge in [0.1, 0.15) is 0 Å². The van der Waals surface area contributed by atoms with E-state index in [0.29, 0.717) is 11.1 Å². The molecule has 4 rings (SSSR count). The third kappa shape index (κ3) is 6.42. The van der Waals surface area contributed by atoms with Crippen molar-refractivity contribution in [2.24, 2.45) is 0 Å². The summed E-state index contributed by atoms with van der Waals surface area (Å²) in [6.07, 6.45) is -1.21. The maximum atomic E-state index is 14.7. The Morgan fingerprint density at radius 1 is 0.762 bits per heavy atom. The number of esters is 2. The van der Waals surface area contributed by atoms with E-state index in [2.05, 4.69) is 4.98 Å². The van der Waals surface area contributed by atoms with Crippen LogP contribution in [0.4, 0.5) is 0 Å². The number of hydrogen-bond donors (Lipinski definition) is 1. The summed E-state index contributed by atoms with van der Waals surface area (Å²) in [5, 5.41) is 0.992. The van der Waals surface area contributed by atoms with Gasteiger partial charge in [0.15, 0.2) is 0 Å². The van der Waals surface area contributed by atoms with Gasteiger partial charge in [0.25, 0.3) is 0 Å². The monoisotopic (exact) mass is 590 g/mol. The van der Waals surface area contributed by atoms with Gasteiger partial charge in [0.2, 0.25) is 16.1 Å². The second-order valence-electron chi connectivity index (χ2n) is 11.0. The van der Waals surface area contributed by atoms with Crippen molar-refractivity contribution in [3.63, 3.8) is 0 Å². The molecule has 0 aliphatic carbocycles. The number of carbonyl (C=O) groups excluding carboxylic acids is 2. The maximum Gasteiger partial charge on any atom is 0.336 e. The fraction of sp³-hybridized carbons (Fsp3) is 0.333. The van der Waals surface area contributed by atoms with Crippen LogP contribution in [0.5, 0.6) is 0 Å². The molecule has 0 bridgehead atoms. The van der Waals surface area contributed by atoms with Crippen molar-refractivity contribution in [3.8, 4) is 0 Å². The Morgan fingerprint density at radius 2 is 1.33 bits per heavy atom. The van der Waals surface area contributed by atoms with E-state index in [9.17, 15) is 18.0 Å². The molecule has 0 aliphatic rings. The zero-order valence-corrected chi connectivity index (χ0v) is 25.9. The molecule has 222 valence electrons. The number of nitrogens with one attached hydrogen (secondary N) is 1. The van der Waals surface area contributed by atoms with E-state index in [1.54, 1.807) is 64.1 Å². The van der Waals surface area contributed by atoms with Crippen LogP contribution in [0.2, 0.25) is 0 Å². The molecule has 1 aromatic heterocycles. The third-order valence-electron chi connectivity index (χ3n) is 7.02. The van der Waals surface area contributed by atoms with Crippen molar-refractivity contribution in [2.45, 2.75) is 77.7 Å². The van der Waals surface area contributed by atoms with Crippen LogP contribution >= 0.6 is 0 Å². The summed E-state index contributed by atoms with van der Waals surface area (Å²) >= 11 is 0. The number of aromatic nitrogens is 1. The van der Waals surface area contributed by atoms with Crippen LogP contribution in [-0.4, -0.2) is 47.9 Å². The van der Waals surface area contributed by atoms with Crippen molar-refractivity contribution in [2.75, 3.05) is 0 Å². The largest absolute Gasteiger partial charge is 0.461 e. The summed E-state index contributed by atoms with van der Waals surface area (Å²) in [4.78, 5) is 30.8. The lowest BCUT2D eigenvalue weighted by atomic mass is 9.96. The summed E-state index contributed by atoms with van der Waals surface area (Å²) in [5.74, 6) is -2.03. The molecule has 1 atom stereocenters. The predicted molar refractivity (Wildman–Crippen MR) is 163 cm³/mol. The second kappa shape index (κ2) is 12.5. The molecule has 1 unspecified atom stereocenters. The number of benzene rings is 3. The van der Waals surface area contributed by atoms with E-state index < -0.39 is 46.3 Å². The average molecular weight is 591 g/mol. The van der Waals surface area contributed by atoms with Gasteiger partial charge >= 0.3 is 11.9 Å². The Morgan fingerprint density at radius 3 is 1.88 bits per heavy atom. The highest BCUT2D eigenvalue weighted by Gasteiger charge is 2.48. The van der Waals surface area contributed by atoms with Crippen LogP contribution in [-0.2, 0) is 29.1 Å². The standard InChI is InChI=1S/C33H38N2O6S/c1-20(2)40-32(36)31(33(37)41-21(3)4)35(42(38,39)27-16-13-22(5)14-17-27)30(25-11-9-8-10-12-25)26-15-18-28-23(6)24(7)34-29(28)19-26/h8-21,30-31,34H,1-7H3. The molecule has 0 fully saturated rings. The normalized spacial score (nSPS) is 12.8. The molecule has 0 amide bonds. The van der Waals surface area contributed by atoms with Crippen LogP contribution < -0.4 is 0 Å². The Hall–Kier alpha value is -3.95. The highest BCUT2D eigenvalue weighted by molar-refractivity contribution is 7.89. The molecule has 0 radical (unpaired) electrons. The zero-order chi connectivity index (χ0) is 30.8. The van der Waals surface area contributed by atoms with Crippen LogP contribution in [0.1, 0.15) is 61.7 Å². The number of carbonyl (C=O) groups is 2. The smallest absolute Gasteiger partial charge is 0.336 e. The summed E-state index contributed by atoms with van der Waals surface area (Å²) in [6.45, 7) is 12.4. The Kier molecular flexibility index (Phi) is 9.23. The highest BCUT2D eigenvalue weighted by atomic mass is 32.2. The predicted octanol–water partition coefficient (Wildman–Crippen LogP) is 6.15. The number of ether oxygens (including phenoxy) is 2. The van der Waals surface area contributed by atoms with Crippen LogP contribution in [0.25, 0.3) is 10.9 Å². The first kappa shape index (κ1) is 31.0. The van der Waals surface area contributed by atoms with Gasteiger partial charge in [-0.05, 0) is 83.4 Å². The first-order chi connectivity index (χ1) is 19.8. The van der Waals surface area contributed by atoms with Crippen LogP contribution in [0, 0.1) is 20.8 Å². The first-order valence-corrected chi connectivity index (χ1v) is 15.4. The van der Waals surface area contributed by atoms with Crippen molar-refractivity contribution < 1.29 is 27.5 Å². The Balaban J connectivity index is 2.06. The number of sulfonamides is 1. The van der Waals surface area contributed by atoms with Gasteiger partial charge in [-0.15, -0.1) is 0 Å². The fourth-order valence-corrected chi connectivity index (χ4v) is 6.63. The second-order valence-corrected chi connectivity index (χ2v) is 12.9. The lowest BCUT2D eigenvalue weighted by Gasteiger charge is -2.36. The molecule has 0 saturated carbocycles. The van der Waals surface area contributed by atoms with Gasteiger partial charge < -0.3 is 14.5 Å². The van der Waals surface area contributed by atoms with Gasteiger partial charge in [-0.3, -0.25) is 0 Å². The minimum Gasteiger partial charge on any atom is -0.461 e. The van der Waals surface area contributed by atoms with Crippen molar-refractivity contribution in [1.29, 1.82) is 0 Å². The van der Waals surface area contributed by atoms with Gasteiger partial charge in [0.05, 0.1) is 23.1 Å². The number of aromatic amines is 1. The number of H-pyrrole nitrogens is 1. The number of rotatable bonds is 10. The number of hydrogen-bond acceptors (Lipinski definition) is 6. The molecule has 3 aromatic carbocycles. The quantitative estimate of drug-likeness (QED) is 0.176. The van der Waals surface area contributed by atoms with E-state index in [1.807, 2.05) is 45.0 Å². The van der Waals surface area contributed by atoms with E-state index in [4.69, 9.17) is 9.47 Å². The molecule has 0 aliphatic heterocycles. The molecule has 4 aromatic rings. The molecular weight excluding hydrogens is 552 g/mol. The summed E-state index contributed by atoms with van der Waals surface area (Å²) in [6, 6.07) is 17.8. The highest BCUT2D eigenvalue weighted by Crippen LogP contribution is 2.38. The minimum atomic E-state index is -4.51. The van der Waals surface area contributed by atoms with Crippen molar-refractivity contribution in [1.82, 2.24) is 9.29 Å². The van der Waals surface area contributed by atoms with Gasteiger partial charge in [0, 0.05) is 16.6 Å². The zero-order valence-electron chi connectivity index (χ0n) is 25.0. The van der Waals surface area contributed by atoms with Gasteiger partial charge in [-0.1, -0.05) is 60.2 Å². The Bertz CT molecular complexity index is 1650. The van der Waals surface area contributed by atoms with Crippen molar-refractivity contribution >= 4 is 32.9 Å². The van der Waals surface area contributed by atoms with Gasteiger partial charge in [-0.25, -0.2) is 18.0 Å². The van der Waals surface area contributed by atoms with E-state index >= 15 is 0 Å². The SMILES string of the molecule is Cc1ccc(S(=O)(=O)N(C(C(=O)OC(C)C)C(=O)OC(C)C)C(c2ccccc2)c2ccc3c(C)c(C)[nH]c3c2)cc1. The average Bonchev–Trinajstić information content (AvgIpc) is 3.20. The first-order valence-electron chi connectivity index (χ1n) is 14.0. The third-order valence-corrected chi connectivity index (χ3v) is 8.86. The number of nitrogens with zero attached hydrogens (tertiary/aromatic N) is 1. The van der Waals surface area contributed by atoms with Crippen LogP contribution in [0.15, 0.2) is 77.7 Å². The number of fused-ring (bicyclic) bond motifs is 1. The summed E-state index contributed by atoms with van der Waals surface area (Å²) in [5.41, 5.74) is 4.86. The maximum absolute atomic E-state index is 14.7. The molecule has 42 heavy (non-hydrogen) atoms. The molecule has 0 spiro atoms. The molecule has 0 saturated heterocycles. The molecule has 1 heterocycles. The lowest BCUT2D eigenvalue weighted by molar-refractivity contribution is -0.166. The topological polar surface area (TPSA) is 106 Å². The molecular formula is C33H38N2O6S. The molecule has 8 nitrogen and oxygen atoms in total. The van der Waals surface area contributed by atoms with Gasteiger partial charge in [-0.2, -0.15) is 4.31 Å². The summed E-state index contributed by atoms with van der Waals surface area (Å²) < 4.78 is 41.3. The Labute approximate surface area is 247 Å². The lowest BCUT2D eigenvalue weighted by Crippen LogP contribution is -2.53. The fourth-order valence-electron chi connectivity index (χ4n) is 4.94. The van der Waals surface area contributed by atoms with E-state index in [-0.39, 0.29) is 4.90 Å². The molecule has 1 N–H and O–H groups in total. The molecule has 9 heteroatoms. The van der Waals surface area contributed by atoms with E-state index in [0.717, 1.165) is 32.0 Å². The van der Waals surface area contributed by atoms with E-state index in [1.165, 1.54) is 12.1 Å².